The fraction of sp³-hybridized carbons (Fsp3) is 0.333. The van der Waals surface area contributed by atoms with Crippen molar-refractivity contribution in [3.05, 3.63) is 116 Å². The maximum atomic E-state index is 15.8. The summed E-state index contributed by atoms with van der Waals surface area (Å²) >= 11 is 0. The monoisotopic (exact) mass is 697 g/mol. The number of hydrogen-bond acceptors (Lipinski definition) is 0. The summed E-state index contributed by atoms with van der Waals surface area (Å²) in [7, 11) is -1.60. The molecule has 0 unspecified atom stereocenters. The Hall–Kier alpha value is -3.33. The fourth-order valence-corrected chi connectivity index (χ4v) is 12.1. The average Bonchev–Trinajstić information content (AvgIpc) is 3.02. The lowest BCUT2D eigenvalue weighted by atomic mass is 9.31. The smallest absolute Gasteiger partial charge is 0.200 e. The molecule has 0 spiro atoms. The van der Waals surface area contributed by atoms with E-state index in [0.29, 0.717) is 19.3 Å². The van der Waals surface area contributed by atoms with Crippen molar-refractivity contribution in [3.8, 4) is 0 Å². The molecule has 0 saturated heterocycles. The summed E-state index contributed by atoms with van der Waals surface area (Å²) in [6, 6.07) is 7.80. The predicted octanol–water partition coefficient (Wildman–Crippen LogP) is 8.72. The van der Waals surface area contributed by atoms with E-state index in [1.807, 2.05) is 65.8 Å². The minimum atomic E-state index is -3.71. The number of benzene rings is 4. The lowest BCUT2D eigenvalue weighted by Crippen LogP contribution is -2.56. The molecule has 0 aromatic heterocycles. The minimum absolute atomic E-state index is 0.0175. The predicted molar refractivity (Wildman–Crippen MR) is 172 cm³/mol. The van der Waals surface area contributed by atoms with Crippen molar-refractivity contribution in [1.29, 1.82) is 0 Å². The van der Waals surface area contributed by atoms with Crippen molar-refractivity contribution in [1.82, 2.24) is 0 Å². The highest BCUT2D eigenvalue weighted by molar-refractivity contribution is 7.74. The van der Waals surface area contributed by atoms with Crippen molar-refractivity contribution >= 4 is 36.2 Å². The van der Waals surface area contributed by atoms with E-state index < -0.39 is 95.2 Å². The molecule has 0 nitrogen and oxygen atoms in total. The van der Waals surface area contributed by atoms with Crippen LogP contribution in [-0.4, -0.2) is 12.4 Å². The average molecular weight is 697 g/mol. The summed E-state index contributed by atoms with van der Waals surface area (Å²) in [6.07, 6.45) is 1.17. The summed E-state index contributed by atoms with van der Waals surface area (Å²) in [5, 5.41) is 1.74. The van der Waals surface area contributed by atoms with Gasteiger partial charge in [0.25, 0.3) is 0 Å². The standard InChI is InChI=1S/C36H33BF10P/c1-15-11-17(3)35(18(4)12-15)48(36-19(5)13-16(2)14-20(36)6)22-10-8-7-9-21(22)37(23-25(38)29(42)33(46)30(43)26(23)39)24-27(40)31(44)34(47)32(45)28(24)41/h11-14,21-22,37H,7-10H2,1-6H3/q-1/t21-,22-/m1/s1. The highest BCUT2D eigenvalue weighted by Gasteiger charge is 2.42. The lowest BCUT2D eigenvalue weighted by Gasteiger charge is -2.48. The van der Waals surface area contributed by atoms with E-state index in [0.717, 1.165) is 44.0 Å². The van der Waals surface area contributed by atoms with Crippen molar-refractivity contribution in [2.45, 2.75) is 78.7 Å². The molecular weight excluding hydrogens is 664 g/mol. The van der Waals surface area contributed by atoms with Crippen LogP contribution in [0.5, 0.6) is 0 Å². The fourth-order valence-electron chi connectivity index (χ4n) is 8.22. The Morgan fingerprint density at radius 1 is 0.458 bits per heavy atom. The molecule has 1 fully saturated rings. The molecule has 0 amide bonds. The van der Waals surface area contributed by atoms with Crippen LogP contribution in [0.4, 0.5) is 43.9 Å². The molecule has 48 heavy (non-hydrogen) atoms. The summed E-state index contributed by atoms with van der Waals surface area (Å²) in [5.74, 6) is -25.1. The Balaban J connectivity index is 1.92. The Morgan fingerprint density at radius 2 is 0.750 bits per heavy atom. The minimum Gasteiger partial charge on any atom is -0.207 e. The van der Waals surface area contributed by atoms with Gasteiger partial charge in [0.15, 0.2) is 34.9 Å². The van der Waals surface area contributed by atoms with Crippen LogP contribution >= 0.6 is 7.92 Å². The Bertz CT molecular complexity index is 1710. The van der Waals surface area contributed by atoms with E-state index in [1.165, 1.54) is 0 Å². The zero-order valence-electron chi connectivity index (χ0n) is 27.2. The normalized spacial score (nSPS) is 16.8. The number of hydrogen-bond donors (Lipinski definition) is 0. The third kappa shape index (κ3) is 5.94. The quantitative estimate of drug-likeness (QED) is 0.0622. The van der Waals surface area contributed by atoms with Gasteiger partial charge in [0.05, 0.1) is 6.71 Å². The van der Waals surface area contributed by atoms with E-state index >= 15 is 17.6 Å². The Kier molecular flexibility index (Phi) is 10.1. The molecular formula is C36H33BF10P-. The molecule has 1 aliphatic rings. The Morgan fingerprint density at radius 3 is 1.08 bits per heavy atom. The van der Waals surface area contributed by atoms with Gasteiger partial charge in [-0.05, 0) is 94.4 Å². The molecule has 4 aromatic rings. The van der Waals surface area contributed by atoms with E-state index in [-0.39, 0.29) is 6.42 Å². The zero-order valence-corrected chi connectivity index (χ0v) is 28.1. The Labute approximate surface area is 274 Å². The van der Waals surface area contributed by atoms with Crippen molar-refractivity contribution < 1.29 is 43.9 Å². The van der Waals surface area contributed by atoms with Crippen LogP contribution in [0.25, 0.3) is 0 Å². The summed E-state index contributed by atoms with van der Waals surface area (Å²) in [6.45, 7) is 7.66. The van der Waals surface area contributed by atoms with Gasteiger partial charge in [-0.15, -0.1) is 10.9 Å². The van der Waals surface area contributed by atoms with Gasteiger partial charge in [-0.1, -0.05) is 54.7 Å². The van der Waals surface area contributed by atoms with Crippen molar-refractivity contribution in [2.75, 3.05) is 0 Å². The van der Waals surface area contributed by atoms with Crippen LogP contribution in [0.15, 0.2) is 24.3 Å². The van der Waals surface area contributed by atoms with Crippen LogP contribution < -0.4 is 21.5 Å². The first-order valence-electron chi connectivity index (χ1n) is 15.7. The van der Waals surface area contributed by atoms with E-state index in [1.54, 1.807) is 0 Å². The van der Waals surface area contributed by atoms with Gasteiger partial charge in [0.2, 0.25) is 0 Å². The summed E-state index contributed by atoms with van der Waals surface area (Å²) in [4.78, 5) is 0. The lowest BCUT2D eigenvalue weighted by molar-refractivity contribution is 0.381. The van der Waals surface area contributed by atoms with Gasteiger partial charge >= 0.3 is 0 Å². The van der Waals surface area contributed by atoms with Gasteiger partial charge in [-0.3, -0.25) is 0 Å². The second-order valence-electron chi connectivity index (χ2n) is 13.2. The highest BCUT2D eigenvalue weighted by Crippen LogP contribution is 2.54. The van der Waals surface area contributed by atoms with Gasteiger partial charge < -0.3 is 0 Å². The SMILES string of the molecule is Cc1cc(C)c(P(c2c(C)cc(C)cc2C)[C@@H]2CCCC[C@H]2[BH-](c2c(F)c(F)c(F)c(F)c2F)c2c(F)c(F)c(F)c(F)c2F)c(C)c1. The van der Waals surface area contributed by atoms with Crippen LogP contribution in [0.3, 0.4) is 0 Å². The zero-order chi connectivity index (χ0) is 35.5. The molecule has 0 heterocycles. The molecule has 1 aliphatic carbocycles. The number of rotatable bonds is 6. The van der Waals surface area contributed by atoms with Gasteiger partial charge in [-0.25, -0.2) is 43.9 Å². The summed E-state index contributed by atoms with van der Waals surface area (Å²) < 4.78 is 151. The van der Waals surface area contributed by atoms with Crippen LogP contribution in [-0.2, 0) is 0 Å². The van der Waals surface area contributed by atoms with Crippen LogP contribution in [0, 0.1) is 99.7 Å². The van der Waals surface area contributed by atoms with Gasteiger partial charge in [-0.2, -0.15) is 5.82 Å². The van der Waals surface area contributed by atoms with Gasteiger partial charge in [0.1, 0.15) is 23.3 Å². The number of halogens is 10. The molecule has 12 heteroatoms. The number of aryl methyl sites for hydroxylation is 6. The van der Waals surface area contributed by atoms with E-state index in [9.17, 15) is 26.3 Å². The topological polar surface area (TPSA) is 0 Å². The van der Waals surface area contributed by atoms with Crippen molar-refractivity contribution in [3.63, 3.8) is 0 Å². The molecule has 0 bridgehead atoms. The first kappa shape index (κ1) is 36.0. The first-order valence-corrected chi connectivity index (χ1v) is 17.1. The van der Waals surface area contributed by atoms with Crippen molar-refractivity contribution in [2.24, 2.45) is 0 Å². The molecule has 0 N–H and O–H groups in total. The highest BCUT2D eigenvalue weighted by atomic mass is 31.1. The largest absolute Gasteiger partial charge is 0.207 e. The van der Waals surface area contributed by atoms with Crippen LogP contribution in [0.2, 0.25) is 5.82 Å². The van der Waals surface area contributed by atoms with Gasteiger partial charge in [0, 0.05) is 0 Å². The van der Waals surface area contributed by atoms with E-state index in [4.69, 9.17) is 0 Å². The molecule has 0 aliphatic heterocycles. The third-order valence-corrected chi connectivity index (χ3v) is 13.6. The molecule has 0 radical (unpaired) electrons. The first-order chi connectivity index (χ1) is 22.5. The second-order valence-corrected chi connectivity index (χ2v) is 15.5. The summed E-state index contributed by atoms with van der Waals surface area (Å²) in [5.41, 5.74) is 1.55. The molecule has 5 rings (SSSR count). The third-order valence-electron chi connectivity index (χ3n) is 9.84. The maximum absolute atomic E-state index is 15.8. The maximum Gasteiger partial charge on any atom is 0.200 e. The molecule has 4 aromatic carbocycles. The molecule has 256 valence electrons. The molecule has 1 saturated carbocycles. The second kappa shape index (κ2) is 13.5. The van der Waals surface area contributed by atoms with E-state index in [2.05, 4.69) is 0 Å². The molecule has 2 atom stereocenters. The van der Waals surface area contributed by atoms with Crippen LogP contribution in [0.1, 0.15) is 59.1 Å².